The Balaban J connectivity index is 1.42. The molecule has 0 N–H and O–H groups in total. The van der Waals surface area contributed by atoms with Crippen molar-refractivity contribution in [1.82, 2.24) is 24.6 Å². The molecular formula is C18H25N5O. The number of hydrogen-bond acceptors (Lipinski definition) is 5. The molecule has 24 heavy (non-hydrogen) atoms. The molecule has 6 nitrogen and oxygen atoms in total. The van der Waals surface area contributed by atoms with Crippen LogP contribution in [-0.4, -0.2) is 37.7 Å². The number of fused-ring (bicyclic) bond motifs is 1. The summed E-state index contributed by atoms with van der Waals surface area (Å²) in [6.07, 6.45) is 7.31. The second-order valence-corrected chi connectivity index (χ2v) is 6.90. The summed E-state index contributed by atoms with van der Waals surface area (Å²) in [4.78, 5) is 6.76. The van der Waals surface area contributed by atoms with Gasteiger partial charge in [0.1, 0.15) is 12.4 Å². The molecule has 0 spiro atoms. The van der Waals surface area contributed by atoms with Crippen molar-refractivity contribution in [2.24, 2.45) is 5.92 Å². The zero-order valence-electron chi connectivity index (χ0n) is 14.3. The van der Waals surface area contributed by atoms with Gasteiger partial charge in [-0.15, -0.1) is 10.2 Å². The predicted molar refractivity (Wildman–Crippen MR) is 90.5 cm³/mol. The molecule has 0 bridgehead atoms. The van der Waals surface area contributed by atoms with Gasteiger partial charge in [-0.1, -0.05) is 18.9 Å². The topological polar surface area (TPSA) is 56.1 Å². The van der Waals surface area contributed by atoms with E-state index in [1.54, 1.807) is 6.20 Å². The van der Waals surface area contributed by atoms with E-state index >= 15 is 0 Å². The minimum Gasteiger partial charge on any atom is -0.469 e. The van der Waals surface area contributed by atoms with Gasteiger partial charge in [-0.3, -0.25) is 4.90 Å². The predicted octanol–water partition coefficient (Wildman–Crippen LogP) is 2.82. The molecule has 1 atom stereocenters. The standard InChI is InChI=1S/C18H25N5O/c1-14-18-21-20-16(13-24-17-8-4-5-9-19-17)23(18)11-10-22(14)12-15-6-2-3-7-15/h4-5,8-9,14-15H,2-3,6-7,10-13H2,1H3/t14-/m1/s1. The maximum atomic E-state index is 5.74. The molecule has 128 valence electrons. The molecule has 2 aromatic rings. The van der Waals surface area contributed by atoms with E-state index in [-0.39, 0.29) is 0 Å². The molecule has 1 fully saturated rings. The van der Waals surface area contributed by atoms with E-state index in [1.165, 1.54) is 32.2 Å². The minimum atomic E-state index is 0.329. The van der Waals surface area contributed by atoms with Gasteiger partial charge in [-0.2, -0.15) is 0 Å². The van der Waals surface area contributed by atoms with E-state index in [9.17, 15) is 0 Å². The van der Waals surface area contributed by atoms with E-state index in [0.29, 0.717) is 18.5 Å². The van der Waals surface area contributed by atoms with Crippen molar-refractivity contribution in [1.29, 1.82) is 0 Å². The van der Waals surface area contributed by atoms with E-state index in [1.807, 2.05) is 18.2 Å². The minimum absolute atomic E-state index is 0.329. The summed E-state index contributed by atoms with van der Waals surface area (Å²) in [6.45, 7) is 5.88. The lowest BCUT2D eigenvalue weighted by Crippen LogP contribution is -2.40. The first-order valence-electron chi connectivity index (χ1n) is 9.01. The third-order valence-corrected chi connectivity index (χ3v) is 5.34. The van der Waals surface area contributed by atoms with Crippen LogP contribution in [-0.2, 0) is 13.2 Å². The molecule has 4 rings (SSSR count). The molecule has 0 aromatic carbocycles. The maximum Gasteiger partial charge on any atom is 0.213 e. The highest BCUT2D eigenvalue weighted by molar-refractivity contribution is 5.10. The Morgan fingerprint density at radius 1 is 1.17 bits per heavy atom. The Kier molecular flexibility index (Phi) is 4.47. The first-order chi connectivity index (χ1) is 11.8. The first-order valence-corrected chi connectivity index (χ1v) is 9.01. The average molecular weight is 327 g/mol. The van der Waals surface area contributed by atoms with Crippen molar-refractivity contribution in [3.8, 4) is 5.88 Å². The summed E-state index contributed by atoms with van der Waals surface area (Å²) < 4.78 is 7.96. The fourth-order valence-electron chi connectivity index (χ4n) is 3.94. The number of aromatic nitrogens is 4. The van der Waals surface area contributed by atoms with Crippen LogP contribution in [0.25, 0.3) is 0 Å². The molecule has 6 heteroatoms. The van der Waals surface area contributed by atoms with Crippen molar-refractivity contribution in [2.75, 3.05) is 13.1 Å². The van der Waals surface area contributed by atoms with Gasteiger partial charge < -0.3 is 9.30 Å². The Bertz CT molecular complexity index is 665. The van der Waals surface area contributed by atoms with E-state index in [4.69, 9.17) is 4.74 Å². The zero-order valence-corrected chi connectivity index (χ0v) is 14.3. The van der Waals surface area contributed by atoms with Crippen molar-refractivity contribution in [3.63, 3.8) is 0 Å². The van der Waals surface area contributed by atoms with Crippen LogP contribution >= 0.6 is 0 Å². The van der Waals surface area contributed by atoms with Gasteiger partial charge in [-0.05, 0) is 31.7 Å². The fraction of sp³-hybridized carbons (Fsp3) is 0.611. The average Bonchev–Trinajstić information content (AvgIpc) is 3.26. The lowest BCUT2D eigenvalue weighted by atomic mass is 10.1. The quantitative estimate of drug-likeness (QED) is 0.845. The van der Waals surface area contributed by atoms with Crippen LogP contribution < -0.4 is 4.74 Å². The highest BCUT2D eigenvalue weighted by atomic mass is 16.5. The summed E-state index contributed by atoms with van der Waals surface area (Å²) in [6, 6.07) is 5.99. The summed E-state index contributed by atoms with van der Waals surface area (Å²) in [5.41, 5.74) is 0. The number of ether oxygens (including phenoxy) is 1. The van der Waals surface area contributed by atoms with Gasteiger partial charge in [-0.25, -0.2) is 4.98 Å². The smallest absolute Gasteiger partial charge is 0.213 e. The summed E-state index contributed by atoms with van der Waals surface area (Å²) in [7, 11) is 0. The maximum absolute atomic E-state index is 5.74. The van der Waals surface area contributed by atoms with Crippen LogP contribution in [0, 0.1) is 5.92 Å². The third kappa shape index (κ3) is 3.15. The zero-order chi connectivity index (χ0) is 16.4. The second-order valence-electron chi connectivity index (χ2n) is 6.90. The van der Waals surface area contributed by atoms with Gasteiger partial charge >= 0.3 is 0 Å². The molecule has 0 unspecified atom stereocenters. The lowest BCUT2D eigenvalue weighted by Gasteiger charge is -2.35. The van der Waals surface area contributed by atoms with Gasteiger partial charge in [0.15, 0.2) is 5.82 Å². The van der Waals surface area contributed by atoms with Gasteiger partial charge in [0.25, 0.3) is 0 Å². The van der Waals surface area contributed by atoms with Crippen LogP contribution in [0.1, 0.15) is 50.3 Å². The summed E-state index contributed by atoms with van der Waals surface area (Å²) in [5.74, 6) is 3.46. The molecule has 2 aromatic heterocycles. The molecule has 1 aliphatic carbocycles. The molecule has 0 amide bonds. The van der Waals surface area contributed by atoms with Gasteiger partial charge in [0.2, 0.25) is 5.88 Å². The highest BCUT2D eigenvalue weighted by Gasteiger charge is 2.30. The van der Waals surface area contributed by atoms with Crippen LogP contribution in [0.4, 0.5) is 0 Å². The monoisotopic (exact) mass is 327 g/mol. The molecular weight excluding hydrogens is 302 g/mol. The molecule has 0 radical (unpaired) electrons. The third-order valence-electron chi connectivity index (χ3n) is 5.34. The Morgan fingerprint density at radius 3 is 2.83 bits per heavy atom. The second kappa shape index (κ2) is 6.89. The van der Waals surface area contributed by atoms with Crippen LogP contribution in [0.15, 0.2) is 24.4 Å². The molecule has 0 saturated heterocycles. The summed E-state index contributed by atoms with van der Waals surface area (Å²) in [5, 5.41) is 8.81. The number of nitrogens with zero attached hydrogens (tertiary/aromatic N) is 5. The Morgan fingerprint density at radius 2 is 2.04 bits per heavy atom. The van der Waals surface area contributed by atoms with E-state index < -0.39 is 0 Å². The molecule has 1 aliphatic heterocycles. The highest BCUT2D eigenvalue weighted by Crippen LogP contribution is 2.30. The van der Waals surface area contributed by atoms with Crippen molar-refractivity contribution in [2.45, 2.75) is 51.8 Å². The van der Waals surface area contributed by atoms with Crippen LogP contribution in [0.5, 0.6) is 5.88 Å². The van der Waals surface area contributed by atoms with Gasteiger partial charge in [0.05, 0.1) is 6.04 Å². The van der Waals surface area contributed by atoms with E-state index in [0.717, 1.165) is 30.7 Å². The lowest BCUT2D eigenvalue weighted by molar-refractivity contribution is 0.137. The molecule has 2 aliphatic rings. The molecule has 1 saturated carbocycles. The Labute approximate surface area is 142 Å². The largest absolute Gasteiger partial charge is 0.469 e. The number of pyridine rings is 1. The normalized spacial score (nSPS) is 21.8. The van der Waals surface area contributed by atoms with Crippen molar-refractivity contribution >= 4 is 0 Å². The van der Waals surface area contributed by atoms with Crippen molar-refractivity contribution in [3.05, 3.63) is 36.0 Å². The fourth-order valence-corrected chi connectivity index (χ4v) is 3.94. The van der Waals surface area contributed by atoms with Gasteiger partial charge in [0, 0.05) is 31.9 Å². The van der Waals surface area contributed by atoms with Crippen LogP contribution in [0.3, 0.4) is 0 Å². The van der Waals surface area contributed by atoms with E-state index in [2.05, 4.69) is 31.6 Å². The number of hydrogen-bond donors (Lipinski definition) is 0. The van der Waals surface area contributed by atoms with Crippen molar-refractivity contribution < 1.29 is 4.74 Å². The first kappa shape index (κ1) is 15.6. The molecule has 3 heterocycles. The SMILES string of the molecule is C[C@@H]1c2nnc(COc3ccccn3)n2CCN1CC1CCCC1. The Hall–Kier alpha value is -1.95. The van der Waals surface area contributed by atoms with Crippen LogP contribution in [0.2, 0.25) is 0 Å². The number of rotatable bonds is 5. The summed E-state index contributed by atoms with van der Waals surface area (Å²) >= 11 is 0.